The number of ether oxygens (including phenoxy) is 1. The second-order valence-electron chi connectivity index (χ2n) is 5.04. The summed E-state index contributed by atoms with van der Waals surface area (Å²) in [5.74, 6) is -1.02. The smallest absolute Gasteiger partial charge is 0.339 e. The van der Waals surface area contributed by atoms with Crippen molar-refractivity contribution in [2.45, 2.75) is 19.3 Å². The molecule has 2 rings (SSSR count). The van der Waals surface area contributed by atoms with E-state index in [1.807, 2.05) is 37.3 Å². The van der Waals surface area contributed by atoms with Gasteiger partial charge >= 0.3 is 5.97 Å². The maximum Gasteiger partial charge on any atom is 0.339 e. The van der Waals surface area contributed by atoms with Gasteiger partial charge in [-0.25, -0.2) is 4.79 Å². The van der Waals surface area contributed by atoms with Gasteiger partial charge in [0, 0.05) is 5.02 Å². The zero-order chi connectivity index (χ0) is 16.8. The summed E-state index contributed by atoms with van der Waals surface area (Å²) in [5, 5.41) is 3.22. The molecule has 1 atom stereocenters. The summed E-state index contributed by atoms with van der Waals surface area (Å²) in [6.45, 7) is 1.94. The molecule has 0 spiro atoms. The zero-order valence-electron chi connectivity index (χ0n) is 13.0. The number of hydrogen-bond acceptors (Lipinski definition) is 3. The Morgan fingerprint density at radius 2 is 1.87 bits per heavy atom. The third-order valence-corrected chi connectivity index (χ3v) is 3.81. The van der Waals surface area contributed by atoms with E-state index < -0.39 is 5.97 Å². The molecule has 0 aliphatic heterocycles. The lowest BCUT2D eigenvalue weighted by atomic mass is 9.95. The van der Waals surface area contributed by atoms with Crippen LogP contribution in [0.1, 0.15) is 35.2 Å². The van der Waals surface area contributed by atoms with Crippen LogP contribution in [0.2, 0.25) is 5.02 Å². The summed E-state index contributed by atoms with van der Waals surface area (Å²) in [5.41, 5.74) is 1.55. The number of amides is 1. The molecule has 0 aliphatic carbocycles. The molecule has 1 unspecified atom stereocenters. The van der Waals surface area contributed by atoms with Crippen LogP contribution in [0.5, 0.6) is 0 Å². The average molecular weight is 332 g/mol. The molecule has 2 aromatic rings. The number of carbonyl (C=O) groups is 2. The van der Waals surface area contributed by atoms with Gasteiger partial charge in [0.2, 0.25) is 5.91 Å². The minimum Gasteiger partial charge on any atom is -0.465 e. The molecule has 0 radical (unpaired) electrons. The molecule has 0 aromatic heterocycles. The van der Waals surface area contributed by atoms with Crippen LogP contribution >= 0.6 is 11.6 Å². The van der Waals surface area contributed by atoms with Crippen LogP contribution in [0.4, 0.5) is 5.69 Å². The fourth-order valence-electron chi connectivity index (χ4n) is 2.39. The number of halogens is 1. The first-order valence-electron chi connectivity index (χ1n) is 7.30. The molecule has 5 heteroatoms. The van der Waals surface area contributed by atoms with E-state index in [0.717, 1.165) is 5.56 Å². The molecule has 23 heavy (non-hydrogen) atoms. The first kappa shape index (κ1) is 17.0. The second kappa shape index (κ2) is 7.79. The molecule has 1 amide bonds. The van der Waals surface area contributed by atoms with Crippen LogP contribution < -0.4 is 5.32 Å². The lowest BCUT2D eigenvalue weighted by Crippen LogP contribution is -2.22. The van der Waals surface area contributed by atoms with Gasteiger partial charge in [-0.05, 0) is 30.2 Å². The summed E-state index contributed by atoms with van der Waals surface area (Å²) >= 11 is 5.98. The Morgan fingerprint density at radius 1 is 1.17 bits per heavy atom. The quantitative estimate of drug-likeness (QED) is 0.833. The molecule has 0 fully saturated rings. The number of carbonyl (C=O) groups excluding carboxylic acids is 2. The number of methoxy groups -OCH3 is 1. The minimum atomic E-state index is -0.523. The Labute approximate surface area is 140 Å². The van der Waals surface area contributed by atoms with Gasteiger partial charge in [-0.3, -0.25) is 4.79 Å². The Bertz CT molecular complexity index is 701. The van der Waals surface area contributed by atoms with Gasteiger partial charge in [-0.15, -0.1) is 0 Å². The third-order valence-electron chi connectivity index (χ3n) is 3.57. The molecular formula is C18H18ClNO3. The number of esters is 1. The highest BCUT2D eigenvalue weighted by molar-refractivity contribution is 6.31. The predicted molar refractivity (Wildman–Crippen MR) is 90.9 cm³/mol. The van der Waals surface area contributed by atoms with Crippen LogP contribution in [0.25, 0.3) is 0 Å². The number of rotatable bonds is 5. The van der Waals surface area contributed by atoms with E-state index in [1.165, 1.54) is 13.2 Å². The Balaban J connectivity index is 2.29. The van der Waals surface area contributed by atoms with Crippen molar-refractivity contribution in [2.75, 3.05) is 12.4 Å². The molecule has 120 valence electrons. The molecular weight excluding hydrogens is 314 g/mol. The first-order valence-corrected chi connectivity index (χ1v) is 7.68. The standard InChI is InChI=1S/C18H18ClNO3/c1-3-14(12-7-5-4-6-8-12)17(21)20-16-11-13(19)9-10-15(16)18(22)23-2/h4-11,14H,3H2,1-2H3,(H,20,21). The van der Waals surface area contributed by atoms with Gasteiger partial charge < -0.3 is 10.1 Å². The summed E-state index contributed by atoms with van der Waals surface area (Å²) in [4.78, 5) is 24.4. The van der Waals surface area contributed by atoms with Crippen molar-refractivity contribution in [3.05, 3.63) is 64.7 Å². The van der Waals surface area contributed by atoms with Gasteiger partial charge in [-0.2, -0.15) is 0 Å². The van der Waals surface area contributed by atoms with Crippen molar-refractivity contribution in [1.82, 2.24) is 0 Å². The van der Waals surface area contributed by atoms with Crippen molar-refractivity contribution in [2.24, 2.45) is 0 Å². The van der Waals surface area contributed by atoms with E-state index in [9.17, 15) is 9.59 Å². The molecule has 0 aliphatic rings. The summed E-state index contributed by atoms with van der Waals surface area (Å²) in [6.07, 6.45) is 0.643. The van der Waals surface area contributed by atoms with Gasteiger partial charge in [0.1, 0.15) is 0 Å². The number of nitrogens with one attached hydrogen (secondary N) is 1. The van der Waals surface area contributed by atoms with Gasteiger partial charge in [0.05, 0.1) is 24.3 Å². The second-order valence-corrected chi connectivity index (χ2v) is 5.48. The summed E-state index contributed by atoms with van der Waals surface area (Å²) < 4.78 is 4.74. The summed E-state index contributed by atoms with van der Waals surface area (Å²) in [6, 6.07) is 14.2. The minimum absolute atomic E-state index is 0.189. The van der Waals surface area contributed by atoms with Crippen molar-refractivity contribution in [3.8, 4) is 0 Å². The lowest BCUT2D eigenvalue weighted by Gasteiger charge is -2.17. The van der Waals surface area contributed by atoms with Crippen molar-refractivity contribution in [1.29, 1.82) is 0 Å². The predicted octanol–water partition coefficient (Wildman–Crippen LogP) is 4.26. The highest BCUT2D eigenvalue weighted by Gasteiger charge is 2.21. The molecule has 4 nitrogen and oxygen atoms in total. The van der Waals surface area contributed by atoms with Crippen molar-refractivity contribution < 1.29 is 14.3 Å². The Kier molecular flexibility index (Phi) is 5.77. The number of hydrogen-bond donors (Lipinski definition) is 1. The maximum atomic E-state index is 12.6. The molecule has 0 saturated carbocycles. The SMILES string of the molecule is CCC(C(=O)Nc1cc(Cl)ccc1C(=O)OC)c1ccccc1. The monoisotopic (exact) mass is 331 g/mol. The fraction of sp³-hybridized carbons (Fsp3) is 0.222. The highest BCUT2D eigenvalue weighted by atomic mass is 35.5. The lowest BCUT2D eigenvalue weighted by molar-refractivity contribution is -0.117. The normalized spacial score (nSPS) is 11.6. The van der Waals surface area contributed by atoms with E-state index in [1.54, 1.807) is 12.1 Å². The largest absolute Gasteiger partial charge is 0.465 e. The first-order chi connectivity index (χ1) is 11.1. The molecule has 1 N–H and O–H groups in total. The summed E-state index contributed by atoms with van der Waals surface area (Å²) in [7, 11) is 1.29. The zero-order valence-corrected chi connectivity index (χ0v) is 13.8. The maximum absolute atomic E-state index is 12.6. The van der Waals surface area contributed by atoms with Crippen LogP contribution in [0.15, 0.2) is 48.5 Å². The van der Waals surface area contributed by atoms with Crippen LogP contribution in [-0.4, -0.2) is 19.0 Å². The molecule has 2 aromatic carbocycles. The van der Waals surface area contributed by atoms with E-state index in [-0.39, 0.29) is 17.4 Å². The highest BCUT2D eigenvalue weighted by Crippen LogP contribution is 2.25. The van der Waals surface area contributed by atoms with Gasteiger partial charge in [0.15, 0.2) is 0 Å². The molecule has 0 heterocycles. The number of anilines is 1. The van der Waals surface area contributed by atoms with Crippen LogP contribution in [0.3, 0.4) is 0 Å². The van der Waals surface area contributed by atoms with Crippen LogP contribution in [0, 0.1) is 0 Å². The molecule has 0 saturated heterocycles. The van der Waals surface area contributed by atoms with E-state index in [4.69, 9.17) is 16.3 Å². The van der Waals surface area contributed by atoms with Gasteiger partial charge in [0.25, 0.3) is 0 Å². The molecule has 0 bridgehead atoms. The van der Waals surface area contributed by atoms with Gasteiger partial charge in [-0.1, -0.05) is 48.9 Å². The Hall–Kier alpha value is -2.33. The van der Waals surface area contributed by atoms with E-state index >= 15 is 0 Å². The number of benzene rings is 2. The average Bonchev–Trinajstić information content (AvgIpc) is 2.56. The van der Waals surface area contributed by atoms with Crippen molar-refractivity contribution >= 4 is 29.2 Å². The Morgan fingerprint density at radius 3 is 2.48 bits per heavy atom. The van der Waals surface area contributed by atoms with E-state index in [0.29, 0.717) is 17.1 Å². The van der Waals surface area contributed by atoms with Crippen LogP contribution in [-0.2, 0) is 9.53 Å². The fourth-order valence-corrected chi connectivity index (χ4v) is 2.56. The van der Waals surface area contributed by atoms with E-state index in [2.05, 4.69) is 5.32 Å². The topological polar surface area (TPSA) is 55.4 Å². The third kappa shape index (κ3) is 4.11. The van der Waals surface area contributed by atoms with Crippen molar-refractivity contribution in [3.63, 3.8) is 0 Å².